The van der Waals surface area contributed by atoms with Gasteiger partial charge in [-0.25, -0.2) is 8.42 Å². The highest BCUT2D eigenvalue weighted by molar-refractivity contribution is 7.89. The molecule has 2 aromatic carbocycles. The fourth-order valence-corrected chi connectivity index (χ4v) is 4.51. The largest absolute Gasteiger partial charge is 0.379 e. The topological polar surface area (TPSA) is 66.9 Å². The Morgan fingerprint density at radius 3 is 2.41 bits per heavy atom. The number of sulfonamides is 1. The number of morpholine rings is 1. The second-order valence-corrected chi connectivity index (χ2v) is 8.98. The van der Waals surface area contributed by atoms with Crippen molar-refractivity contribution in [2.24, 2.45) is 0 Å². The molecule has 6 nitrogen and oxygen atoms in total. The molecule has 0 atom stereocenters. The van der Waals surface area contributed by atoms with Crippen LogP contribution in [0.2, 0.25) is 0 Å². The summed E-state index contributed by atoms with van der Waals surface area (Å²) in [4.78, 5) is 14.3. The molecule has 0 aliphatic carbocycles. The minimum Gasteiger partial charge on any atom is -0.379 e. The zero-order valence-corrected chi connectivity index (χ0v) is 17.6. The maximum Gasteiger partial charge on any atom is 0.246 e. The average Bonchev–Trinajstić information content (AvgIpc) is 2.74. The van der Waals surface area contributed by atoms with E-state index in [1.807, 2.05) is 31.2 Å². The van der Waals surface area contributed by atoms with Crippen LogP contribution in [0.4, 0.5) is 0 Å². The lowest BCUT2D eigenvalue weighted by atomic mass is 10.1. The van der Waals surface area contributed by atoms with Crippen LogP contribution in [-0.4, -0.2) is 56.9 Å². The molecule has 1 amide bonds. The highest BCUT2D eigenvalue weighted by Crippen LogP contribution is 2.18. The first-order valence-corrected chi connectivity index (χ1v) is 11.0. The lowest BCUT2D eigenvalue weighted by molar-refractivity contribution is -0.125. The Kier molecular flexibility index (Phi) is 6.84. The van der Waals surface area contributed by atoms with E-state index in [-0.39, 0.29) is 10.8 Å². The summed E-state index contributed by atoms with van der Waals surface area (Å²) in [7, 11) is -1.75. The van der Waals surface area contributed by atoms with E-state index in [1.54, 1.807) is 42.3 Å². The average molecular weight is 415 g/mol. The van der Waals surface area contributed by atoms with Crippen LogP contribution in [0.15, 0.2) is 59.5 Å². The summed E-state index contributed by atoms with van der Waals surface area (Å²) in [6.45, 7) is 4.12. The third-order valence-electron chi connectivity index (χ3n) is 4.95. The van der Waals surface area contributed by atoms with Crippen molar-refractivity contribution >= 4 is 22.0 Å². The Bertz CT molecular complexity index is 978. The monoisotopic (exact) mass is 414 g/mol. The van der Waals surface area contributed by atoms with Gasteiger partial charge in [0.25, 0.3) is 0 Å². The normalized spacial score (nSPS) is 15.5. The Morgan fingerprint density at radius 1 is 1.10 bits per heavy atom. The zero-order chi connectivity index (χ0) is 20.9. The fourth-order valence-electron chi connectivity index (χ4n) is 3.10. The highest BCUT2D eigenvalue weighted by atomic mass is 32.2. The van der Waals surface area contributed by atoms with Gasteiger partial charge in [0.1, 0.15) is 0 Å². The van der Waals surface area contributed by atoms with Gasteiger partial charge in [-0.3, -0.25) is 4.79 Å². The van der Waals surface area contributed by atoms with Crippen molar-refractivity contribution in [3.8, 4) is 0 Å². The molecule has 0 radical (unpaired) electrons. The number of ether oxygens (including phenoxy) is 1. The predicted molar refractivity (Wildman–Crippen MR) is 113 cm³/mol. The Morgan fingerprint density at radius 2 is 1.76 bits per heavy atom. The second kappa shape index (κ2) is 9.35. The standard InChI is InChI=1S/C22H26N2O4S/c1-18-5-3-4-6-20(18)17-23(2)22(25)12-9-19-7-10-21(11-8-19)29(26,27)24-13-15-28-16-14-24/h3-12H,13-17H2,1-2H3/b12-9+. The van der Waals surface area contributed by atoms with Gasteiger partial charge < -0.3 is 9.64 Å². The van der Waals surface area contributed by atoms with Gasteiger partial charge in [0.05, 0.1) is 18.1 Å². The van der Waals surface area contributed by atoms with Gasteiger partial charge in [-0.2, -0.15) is 4.31 Å². The maximum atomic E-state index is 12.6. The lowest BCUT2D eigenvalue weighted by Crippen LogP contribution is -2.40. The van der Waals surface area contributed by atoms with Crippen LogP contribution in [0.1, 0.15) is 16.7 Å². The van der Waals surface area contributed by atoms with Gasteiger partial charge in [0.2, 0.25) is 15.9 Å². The van der Waals surface area contributed by atoms with E-state index in [4.69, 9.17) is 4.74 Å². The number of carbonyl (C=O) groups excluding carboxylic acids is 1. The second-order valence-electron chi connectivity index (χ2n) is 7.04. The first-order valence-electron chi connectivity index (χ1n) is 9.53. The van der Waals surface area contributed by atoms with E-state index in [1.165, 1.54) is 10.4 Å². The van der Waals surface area contributed by atoms with Crippen molar-refractivity contribution in [2.45, 2.75) is 18.4 Å². The third-order valence-corrected chi connectivity index (χ3v) is 6.86. The summed E-state index contributed by atoms with van der Waals surface area (Å²) in [6, 6.07) is 14.5. The van der Waals surface area contributed by atoms with Crippen molar-refractivity contribution in [1.82, 2.24) is 9.21 Å². The van der Waals surface area contributed by atoms with Crippen molar-refractivity contribution in [1.29, 1.82) is 0 Å². The zero-order valence-electron chi connectivity index (χ0n) is 16.7. The van der Waals surface area contributed by atoms with Crippen LogP contribution >= 0.6 is 0 Å². The van der Waals surface area contributed by atoms with Crippen LogP contribution in [0.3, 0.4) is 0 Å². The van der Waals surface area contributed by atoms with Crippen LogP contribution in [0.25, 0.3) is 6.08 Å². The number of rotatable bonds is 6. The molecule has 1 aliphatic rings. The molecule has 7 heteroatoms. The number of amides is 1. The van der Waals surface area contributed by atoms with Gasteiger partial charge in [0, 0.05) is 32.8 Å². The van der Waals surface area contributed by atoms with Crippen molar-refractivity contribution in [3.05, 3.63) is 71.3 Å². The maximum absolute atomic E-state index is 12.6. The van der Waals surface area contributed by atoms with Crippen LogP contribution < -0.4 is 0 Å². The molecule has 1 heterocycles. The van der Waals surface area contributed by atoms with Gasteiger partial charge in [0.15, 0.2) is 0 Å². The molecule has 0 bridgehead atoms. The molecule has 1 fully saturated rings. The first kappa shape index (κ1) is 21.2. The van der Waals surface area contributed by atoms with E-state index in [0.29, 0.717) is 32.8 Å². The molecule has 1 saturated heterocycles. The molecule has 0 unspecified atom stereocenters. The molecule has 0 saturated carbocycles. The summed E-state index contributed by atoms with van der Waals surface area (Å²) in [5.74, 6) is -0.113. The smallest absolute Gasteiger partial charge is 0.246 e. The number of likely N-dealkylation sites (N-methyl/N-ethyl adjacent to an activating group) is 1. The van der Waals surface area contributed by atoms with Gasteiger partial charge in [-0.05, 0) is 41.8 Å². The molecule has 3 rings (SSSR count). The van der Waals surface area contributed by atoms with Gasteiger partial charge in [-0.15, -0.1) is 0 Å². The summed E-state index contributed by atoms with van der Waals surface area (Å²) >= 11 is 0. The highest BCUT2D eigenvalue weighted by Gasteiger charge is 2.25. The summed E-state index contributed by atoms with van der Waals surface area (Å²) in [5, 5.41) is 0. The Hall–Kier alpha value is -2.48. The van der Waals surface area contributed by atoms with Crippen LogP contribution in [0, 0.1) is 6.92 Å². The number of aryl methyl sites for hydroxylation is 1. The van der Waals surface area contributed by atoms with E-state index >= 15 is 0 Å². The number of hydrogen-bond acceptors (Lipinski definition) is 4. The Balaban J connectivity index is 1.63. The fraction of sp³-hybridized carbons (Fsp3) is 0.318. The molecule has 2 aromatic rings. The van der Waals surface area contributed by atoms with E-state index in [9.17, 15) is 13.2 Å². The number of nitrogens with zero attached hydrogens (tertiary/aromatic N) is 2. The van der Waals surface area contributed by atoms with Crippen LogP contribution in [0.5, 0.6) is 0 Å². The molecule has 0 N–H and O–H groups in total. The molecule has 29 heavy (non-hydrogen) atoms. The number of carbonyl (C=O) groups is 1. The number of hydrogen-bond donors (Lipinski definition) is 0. The predicted octanol–water partition coefficient (Wildman–Crippen LogP) is 2.69. The minimum absolute atomic E-state index is 0.113. The van der Waals surface area contributed by atoms with Gasteiger partial charge >= 0.3 is 0 Å². The SMILES string of the molecule is Cc1ccccc1CN(C)C(=O)/C=C/c1ccc(S(=O)(=O)N2CCOCC2)cc1. The van der Waals surface area contributed by atoms with E-state index in [0.717, 1.165) is 16.7 Å². The first-order chi connectivity index (χ1) is 13.9. The van der Waals surface area contributed by atoms with Crippen molar-refractivity contribution < 1.29 is 17.9 Å². The quantitative estimate of drug-likeness (QED) is 0.682. The summed E-state index contributed by atoms with van der Waals surface area (Å²) < 4.78 is 31.9. The van der Waals surface area contributed by atoms with E-state index in [2.05, 4.69) is 0 Å². The van der Waals surface area contributed by atoms with E-state index < -0.39 is 10.0 Å². The number of benzene rings is 2. The molecular weight excluding hydrogens is 388 g/mol. The van der Waals surface area contributed by atoms with Crippen molar-refractivity contribution in [2.75, 3.05) is 33.4 Å². The molecule has 154 valence electrons. The third kappa shape index (κ3) is 5.32. The molecule has 0 aromatic heterocycles. The molecule has 1 aliphatic heterocycles. The summed E-state index contributed by atoms with van der Waals surface area (Å²) in [6.07, 6.45) is 3.20. The lowest BCUT2D eigenvalue weighted by Gasteiger charge is -2.26. The minimum atomic E-state index is -3.51. The Labute approximate surface area is 172 Å². The summed E-state index contributed by atoms with van der Waals surface area (Å²) in [5.41, 5.74) is 3.02. The van der Waals surface area contributed by atoms with Crippen molar-refractivity contribution in [3.63, 3.8) is 0 Å². The van der Waals surface area contributed by atoms with Crippen LogP contribution in [-0.2, 0) is 26.1 Å². The van der Waals surface area contributed by atoms with Gasteiger partial charge in [-0.1, -0.05) is 36.4 Å². The molecular formula is C22H26N2O4S. The molecule has 0 spiro atoms.